The van der Waals surface area contributed by atoms with Gasteiger partial charge in [0.1, 0.15) is 0 Å². The lowest BCUT2D eigenvalue weighted by atomic mass is 10.2. The summed E-state index contributed by atoms with van der Waals surface area (Å²) >= 11 is 1.61. The smallest absolute Gasteiger partial charge is 0.422 e. The third kappa shape index (κ3) is 4.25. The van der Waals surface area contributed by atoms with E-state index in [2.05, 4.69) is 25.2 Å². The SMILES string of the molecule is FC(F)(F)COc1ccc(NCc2cn[nH]c2-c2cccs2)cn1. The molecule has 5 nitrogen and oxygen atoms in total. The topological polar surface area (TPSA) is 62.8 Å². The quantitative estimate of drug-likeness (QED) is 0.700. The number of rotatable bonds is 6. The lowest BCUT2D eigenvalue weighted by Gasteiger charge is -2.09. The van der Waals surface area contributed by atoms with E-state index in [-0.39, 0.29) is 5.88 Å². The molecule has 0 aromatic carbocycles. The number of ether oxygens (including phenoxy) is 1. The van der Waals surface area contributed by atoms with Gasteiger partial charge in [-0.25, -0.2) is 4.98 Å². The molecule has 9 heteroatoms. The number of thiophene rings is 1. The van der Waals surface area contributed by atoms with Crippen LogP contribution in [0.4, 0.5) is 18.9 Å². The summed E-state index contributed by atoms with van der Waals surface area (Å²) in [6.45, 7) is -0.847. The van der Waals surface area contributed by atoms with Crippen LogP contribution in [0.2, 0.25) is 0 Å². The first-order valence-corrected chi connectivity index (χ1v) is 7.85. The molecule has 0 bridgehead atoms. The second-order valence-corrected chi connectivity index (χ2v) is 5.84. The summed E-state index contributed by atoms with van der Waals surface area (Å²) in [6, 6.07) is 6.96. The molecule has 126 valence electrons. The highest BCUT2D eigenvalue weighted by atomic mass is 32.1. The normalized spacial score (nSPS) is 11.5. The number of hydrogen-bond acceptors (Lipinski definition) is 5. The van der Waals surface area contributed by atoms with Crippen LogP contribution >= 0.6 is 11.3 Å². The van der Waals surface area contributed by atoms with Crippen LogP contribution in [-0.2, 0) is 6.54 Å². The summed E-state index contributed by atoms with van der Waals surface area (Å²) in [5, 5.41) is 12.2. The first kappa shape index (κ1) is 16.3. The summed E-state index contributed by atoms with van der Waals surface area (Å²) in [5.74, 6) is -0.0690. The molecule has 3 rings (SSSR count). The van der Waals surface area contributed by atoms with Gasteiger partial charge in [0.15, 0.2) is 6.61 Å². The Hall–Kier alpha value is -2.55. The van der Waals surface area contributed by atoms with Crippen molar-refractivity contribution in [2.75, 3.05) is 11.9 Å². The molecule has 0 amide bonds. The molecule has 0 spiro atoms. The fourth-order valence-corrected chi connectivity index (χ4v) is 2.76. The van der Waals surface area contributed by atoms with E-state index < -0.39 is 12.8 Å². The van der Waals surface area contributed by atoms with Crippen LogP contribution in [0.15, 0.2) is 42.0 Å². The highest BCUT2D eigenvalue weighted by Crippen LogP contribution is 2.26. The molecule has 0 radical (unpaired) electrons. The van der Waals surface area contributed by atoms with E-state index in [9.17, 15) is 13.2 Å². The number of hydrogen-bond donors (Lipinski definition) is 2. The first-order chi connectivity index (χ1) is 11.5. The van der Waals surface area contributed by atoms with Crippen LogP contribution in [-0.4, -0.2) is 28.0 Å². The molecule has 0 fully saturated rings. The highest BCUT2D eigenvalue weighted by Gasteiger charge is 2.28. The van der Waals surface area contributed by atoms with Crippen LogP contribution in [0.5, 0.6) is 5.88 Å². The van der Waals surface area contributed by atoms with Crippen molar-refractivity contribution < 1.29 is 17.9 Å². The van der Waals surface area contributed by atoms with Crippen LogP contribution in [0.1, 0.15) is 5.56 Å². The van der Waals surface area contributed by atoms with Crippen LogP contribution < -0.4 is 10.1 Å². The fourth-order valence-electron chi connectivity index (χ4n) is 2.00. The maximum Gasteiger partial charge on any atom is 0.422 e. The van der Waals surface area contributed by atoms with Gasteiger partial charge >= 0.3 is 6.18 Å². The average Bonchev–Trinajstić information content (AvgIpc) is 3.22. The van der Waals surface area contributed by atoms with Gasteiger partial charge in [-0.1, -0.05) is 6.07 Å². The van der Waals surface area contributed by atoms with Gasteiger partial charge < -0.3 is 10.1 Å². The molecule has 3 heterocycles. The average molecular weight is 354 g/mol. The molecule has 3 aromatic rings. The second kappa shape index (κ2) is 6.91. The van der Waals surface area contributed by atoms with Gasteiger partial charge in [-0.2, -0.15) is 18.3 Å². The van der Waals surface area contributed by atoms with Crippen molar-refractivity contribution in [2.45, 2.75) is 12.7 Å². The van der Waals surface area contributed by atoms with Gasteiger partial charge in [0.2, 0.25) is 5.88 Å². The van der Waals surface area contributed by atoms with E-state index in [4.69, 9.17) is 0 Å². The van der Waals surface area contributed by atoms with Gasteiger partial charge in [-0.3, -0.25) is 5.10 Å². The van der Waals surface area contributed by atoms with Gasteiger partial charge in [0.05, 0.1) is 28.7 Å². The molecule has 0 saturated carbocycles. The number of anilines is 1. The molecule has 2 N–H and O–H groups in total. The standard InChI is InChI=1S/C15H13F3N4OS/c16-15(17,18)9-23-13-4-3-11(8-20-13)19-6-10-7-21-22-14(10)12-2-1-5-24-12/h1-5,7-8,19H,6,9H2,(H,21,22). The molecule has 0 atom stereocenters. The Balaban J connectivity index is 1.59. The van der Waals surface area contributed by atoms with E-state index in [0.29, 0.717) is 12.2 Å². The lowest BCUT2D eigenvalue weighted by molar-refractivity contribution is -0.154. The van der Waals surface area contributed by atoms with Crippen LogP contribution in [0, 0.1) is 0 Å². The number of halogens is 3. The number of pyridine rings is 1. The minimum Gasteiger partial charge on any atom is -0.468 e. The summed E-state index contributed by atoms with van der Waals surface area (Å²) in [6.07, 6.45) is -1.22. The van der Waals surface area contributed by atoms with E-state index in [1.807, 2.05) is 17.5 Å². The van der Waals surface area contributed by atoms with E-state index in [1.165, 1.54) is 12.3 Å². The Morgan fingerprint density at radius 3 is 2.75 bits per heavy atom. The number of nitrogens with one attached hydrogen (secondary N) is 2. The van der Waals surface area contributed by atoms with Gasteiger partial charge in [-0.15, -0.1) is 11.3 Å². The summed E-state index contributed by atoms with van der Waals surface area (Å²) in [7, 11) is 0. The van der Waals surface area contributed by atoms with E-state index >= 15 is 0 Å². The van der Waals surface area contributed by atoms with Crippen LogP contribution in [0.25, 0.3) is 10.6 Å². The Labute approximate surface area is 139 Å². The highest BCUT2D eigenvalue weighted by molar-refractivity contribution is 7.13. The van der Waals surface area contributed by atoms with Gasteiger partial charge in [0, 0.05) is 18.2 Å². The summed E-state index contributed by atoms with van der Waals surface area (Å²) < 4.78 is 40.8. The number of alkyl halides is 3. The van der Waals surface area contributed by atoms with Gasteiger partial charge in [-0.05, 0) is 17.5 Å². The molecule has 0 aliphatic carbocycles. The Kier molecular flexibility index (Phi) is 4.70. The van der Waals surface area contributed by atoms with Crippen molar-refractivity contribution in [1.82, 2.24) is 15.2 Å². The van der Waals surface area contributed by atoms with E-state index in [0.717, 1.165) is 16.1 Å². The zero-order valence-electron chi connectivity index (χ0n) is 12.3. The van der Waals surface area contributed by atoms with E-state index in [1.54, 1.807) is 23.6 Å². The molecular weight excluding hydrogens is 341 g/mol. The number of nitrogens with zero attached hydrogens (tertiary/aromatic N) is 2. The summed E-state index contributed by atoms with van der Waals surface area (Å²) in [5.41, 5.74) is 2.60. The third-order valence-corrected chi connectivity index (χ3v) is 3.98. The van der Waals surface area contributed by atoms with Gasteiger partial charge in [0.25, 0.3) is 0 Å². The molecule has 0 saturated heterocycles. The molecule has 0 unspecified atom stereocenters. The molecule has 0 aliphatic heterocycles. The predicted molar refractivity (Wildman–Crippen MR) is 85.0 cm³/mol. The van der Waals surface area contributed by atoms with Crippen molar-refractivity contribution in [3.05, 3.63) is 47.6 Å². The lowest BCUT2D eigenvalue weighted by Crippen LogP contribution is -2.19. The van der Waals surface area contributed by atoms with Crippen molar-refractivity contribution in [3.8, 4) is 16.5 Å². The first-order valence-electron chi connectivity index (χ1n) is 6.97. The minimum absolute atomic E-state index is 0.0690. The molecule has 0 aliphatic rings. The zero-order chi connectivity index (χ0) is 17.0. The van der Waals surface area contributed by atoms with Crippen molar-refractivity contribution >= 4 is 17.0 Å². The molecular formula is C15H13F3N4OS. The number of H-pyrrole nitrogens is 1. The Bertz CT molecular complexity index is 769. The summed E-state index contributed by atoms with van der Waals surface area (Å²) in [4.78, 5) is 4.93. The minimum atomic E-state index is -4.38. The number of aromatic amines is 1. The Morgan fingerprint density at radius 2 is 2.08 bits per heavy atom. The molecule has 3 aromatic heterocycles. The monoisotopic (exact) mass is 354 g/mol. The third-order valence-electron chi connectivity index (χ3n) is 3.09. The maximum absolute atomic E-state index is 12.1. The molecule has 24 heavy (non-hydrogen) atoms. The largest absolute Gasteiger partial charge is 0.468 e. The Morgan fingerprint density at radius 1 is 1.21 bits per heavy atom. The van der Waals surface area contributed by atoms with Crippen LogP contribution in [0.3, 0.4) is 0 Å². The predicted octanol–water partition coefficient (Wildman–Crippen LogP) is 4.09. The number of aromatic nitrogens is 3. The van der Waals surface area contributed by atoms with Crippen molar-refractivity contribution in [1.29, 1.82) is 0 Å². The van der Waals surface area contributed by atoms with Crippen molar-refractivity contribution in [2.24, 2.45) is 0 Å². The van der Waals surface area contributed by atoms with Crippen molar-refractivity contribution in [3.63, 3.8) is 0 Å². The maximum atomic E-state index is 12.1. The zero-order valence-corrected chi connectivity index (χ0v) is 13.1. The second-order valence-electron chi connectivity index (χ2n) is 4.89. The fraction of sp³-hybridized carbons (Fsp3) is 0.200.